The molecule has 0 bridgehead atoms. The van der Waals surface area contributed by atoms with Gasteiger partial charge in [0.15, 0.2) is 0 Å². The van der Waals surface area contributed by atoms with E-state index in [0.29, 0.717) is 23.2 Å². The van der Waals surface area contributed by atoms with E-state index in [4.69, 9.17) is 7.85 Å². The van der Waals surface area contributed by atoms with Gasteiger partial charge in [-0.15, -0.1) is 0 Å². The normalized spacial score (nSPS) is 21.1. The van der Waals surface area contributed by atoms with Crippen LogP contribution in [0.2, 0.25) is 5.31 Å². The average Bonchev–Trinajstić information content (AvgIpc) is 1.98. The first-order chi connectivity index (χ1) is 7.22. The van der Waals surface area contributed by atoms with E-state index in [1.165, 1.54) is 0 Å². The fraction of sp³-hybridized carbons (Fsp3) is 1.00. The van der Waals surface area contributed by atoms with Crippen molar-refractivity contribution in [1.29, 1.82) is 0 Å². The number of rotatable bonds is 3. The fourth-order valence-corrected chi connectivity index (χ4v) is 3.08. The van der Waals surface area contributed by atoms with Crippen LogP contribution in [0.1, 0.15) is 69.2 Å². The molecule has 0 rings (SSSR count). The second-order valence-electron chi connectivity index (χ2n) is 8.52. The first-order valence-electron chi connectivity index (χ1n) is 7.01. The summed E-state index contributed by atoms with van der Waals surface area (Å²) in [4.78, 5) is 0. The highest BCUT2D eigenvalue weighted by atomic mass is 14.5. The van der Waals surface area contributed by atoms with Crippen molar-refractivity contribution in [3.8, 4) is 0 Å². The number of hydrogen-bond acceptors (Lipinski definition) is 0. The Morgan fingerprint density at radius 3 is 1.24 bits per heavy atom. The van der Waals surface area contributed by atoms with Crippen molar-refractivity contribution in [2.45, 2.75) is 74.6 Å². The zero-order valence-corrected chi connectivity index (χ0v) is 13.8. The molecule has 0 saturated carbocycles. The van der Waals surface area contributed by atoms with E-state index in [-0.39, 0.29) is 10.7 Å². The molecule has 0 aromatic heterocycles. The predicted octanol–water partition coefficient (Wildman–Crippen LogP) is 5.33. The maximum absolute atomic E-state index is 6.69. The van der Waals surface area contributed by atoms with E-state index < -0.39 is 0 Å². The van der Waals surface area contributed by atoms with E-state index in [1.807, 2.05) is 0 Å². The van der Waals surface area contributed by atoms with Gasteiger partial charge in [0, 0.05) is 0 Å². The molecule has 0 amide bonds. The van der Waals surface area contributed by atoms with E-state index in [0.717, 1.165) is 0 Å². The summed E-state index contributed by atoms with van der Waals surface area (Å²) in [5.74, 6) is 1.60. The monoisotopic (exact) mass is 236 g/mol. The molecule has 17 heavy (non-hydrogen) atoms. The third kappa shape index (κ3) is 4.03. The maximum atomic E-state index is 6.69. The zero-order valence-electron chi connectivity index (χ0n) is 13.8. The van der Waals surface area contributed by atoms with Crippen molar-refractivity contribution in [1.82, 2.24) is 0 Å². The molecular formula is C16H33B. The summed E-state index contributed by atoms with van der Waals surface area (Å²) >= 11 is 0. The van der Waals surface area contributed by atoms with Crippen LogP contribution in [0.15, 0.2) is 0 Å². The quantitative estimate of drug-likeness (QED) is 0.580. The Bertz CT molecular complexity index is 237. The second kappa shape index (κ2) is 4.98. The molecule has 0 aliphatic heterocycles. The molecular weight excluding hydrogens is 203 g/mol. The topological polar surface area (TPSA) is 0 Å². The zero-order chi connectivity index (χ0) is 14.2. The van der Waals surface area contributed by atoms with Crippen molar-refractivity contribution in [2.75, 3.05) is 0 Å². The molecule has 0 aliphatic carbocycles. The van der Waals surface area contributed by atoms with Crippen LogP contribution in [0.25, 0.3) is 0 Å². The molecule has 0 saturated heterocycles. The molecule has 0 spiro atoms. The van der Waals surface area contributed by atoms with Crippen LogP contribution < -0.4 is 0 Å². The minimum atomic E-state index is -0.120. The summed E-state index contributed by atoms with van der Waals surface area (Å²) < 4.78 is 0. The molecule has 0 aromatic rings. The molecule has 0 fully saturated rings. The van der Waals surface area contributed by atoms with Gasteiger partial charge in [0.2, 0.25) is 0 Å². The van der Waals surface area contributed by atoms with E-state index >= 15 is 0 Å². The molecule has 3 atom stereocenters. The molecule has 2 radical (unpaired) electrons. The molecule has 0 aromatic carbocycles. The minimum absolute atomic E-state index is 0.120. The first-order valence-corrected chi connectivity index (χ1v) is 7.01. The average molecular weight is 236 g/mol. The van der Waals surface area contributed by atoms with Gasteiger partial charge in [-0.05, 0) is 28.6 Å². The lowest BCUT2D eigenvalue weighted by atomic mass is 9.45. The molecule has 0 heterocycles. The molecule has 100 valence electrons. The summed E-state index contributed by atoms with van der Waals surface area (Å²) in [6, 6.07) is 0. The lowest BCUT2D eigenvalue weighted by molar-refractivity contribution is 0.0343. The molecule has 0 nitrogen and oxygen atoms in total. The van der Waals surface area contributed by atoms with Crippen molar-refractivity contribution in [3.05, 3.63) is 0 Å². The van der Waals surface area contributed by atoms with Crippen molar-refractivity contribution in [2.24, 2.45) is 28.6 Å². The van der Waals surface area contributed by atoms with Crippen LogP contribution in [-0.4, -0.2) is 7.85 Å². The predicted molar refractivity (Wildman–Crippen MR) is 80.5 cm³/mol. The largest absolute Gasteiger partial charge is 0.0750 e. The first kappa shape index (κ1) is 17.1. The van der Waals surface area contributed by atoms with Crippen LogP contribution >= 0.6 is 0 Å². The lowest BCUT2D eigenvalue weighted by Gasteiger charge is -2.52. The molecule has 0 aliphatic rings. The summed E-state index contributed by atoms with van der Waals surface area (Å²) in [5, 5.41) is -0.120. The summed E-state index contributed by atoms with van der Waals surface area (Å²) in [7, 11) is 6.69. The van der Waals surface area contributed by atoms with Crippen LogP contribution in [0, 0.1) is 28.6 Å². The Morgan fingerprint density at radius 1 is 0.706 bits per heavy atom. The summed E-state index contributed by atoms with van der Waals surface area (Å²) in [6.07, 6.45) is 0. The number of hydrogen-bond donors (Lipinski definition) is 0. The molecule has 0 N–H and O–H groups in total. The summed E-state index contributed by atoms with van der Waals surface area (Å²) in [6.45, 7) is 23.0. The molecule has 1 heteroatoms. The van der Waals surface area contributed by atoms with Gasteiger partial charge in [0.25, 0.3) is 0 Å². The van der Waals surface area contributed by atoms with E-state index in [2.05, 4.69) is 69.2 Å². The van der Waals surface area contributed by atoms with Gasteiger partial charge in [-0.3, -0.25) is 0 Å². The fourth-order valence-electron chi connectivity index (χ4n) is 3.08. The molecule has 3 unspecified atom stereocenters. The van der Waals surface area contributed by atoms with E-state index in [1.54, 1.807) is 0 Å². The Morgan fingerprint density at radius 2 is 1.06 bits per heavy atom. The Hall–Kier alpha value is 0.0649. The van der Waals surface area contributed by atoms with Crippen LogP contribution in [0.4, 0.5) is 0 Å². The van der Waals surface area contributed by atoms with Gasteiger partial charge in [0.05, 0.1) is 7.85 Å². The Labute approximate surface area is 111 Å². The Kier molecular flexibility index (Phi) is 5.00. The SMILES string of the molecule is [B]C(C)(C(C)C)C(C(C)C(C)(C)C)C(C)(C)C. The summed E-state index contributed by atoms with van der Waals surface area (Å²) in [5.41, 5.74) is 0.536. The van der Waals surface area contributed by atoms with Gasteiger partial charge in [-0.1, -0.05) is 74.6 Å². The van der Waals surface area contributed by atoms with Gasteiger partial charge in [0.1, 0.15) is 0 Å². The third-order valence-corrected chi connectivity index (χ3v) is 4.71. The lowest BCUT2D eigenvalue weighted by Crippen LogP contribution is -2.43. The smallest absolute Gasteiger partial charge is 0.0671 e. The maximum Gasteiger partial charge on any atom is 0.0750 e. The Balaban J connectivity index is 5.47. The highest BCUT2D eigenvalue weighted by Gasteiger charge is 2.45. The highest BCUT2D eigenvalue weighted by molar-refractivity contribution is 6.15. The van der Waals surface area contributed by atoms with Gasteiger partial charge in [-0.2, -0.15) is 0 Å². The van der Waals surface area contributed by atoms with Gasteiger partial charge >= 0.3 is 0 Å². The van der Waals surface area contributed by atoms with Crippen LogP contribution in [0.3, 0.4) is 0 Å². The van der Waals surface area contributed by atoms with Gasteiger partial charge < -0.3 is 0 Å². The van der Waals surface area contributed by atoms with Crippen LogP contribution in [0.5, 0.6) is 0 Å². The van der Waals surface area contributed by atoms with E-state index in [9.17, 15) is 0 Å². The second-order valence-corrected chi connectivity index (χ2v) is 8.52. The van der Waals surface area contributed by atoms with Crippen molar-refractivity contribution >= 4 is 7.85 Å². The standard InChI is InChI=1S/C16H33B/c1-11(2)16(10,17)13(15(7,8)9)12(3)14(4,5)6/h11-13H,1-10H3. The van der Waals surface area contributed by atoms with Gasteiger partial charge in [-0.25, -0.2) is 0 Å². The third-order valence-electron chi connectivity index (χ3n) is 4.71. The van der Waals surface area contributed by atoms with Crippen LogP contribution in [-0.2, 0) is 0 Å². The van der Waals surface area contributed by atoms with Crippen molar-refractivity contribution < 1.29 is 0 Å². The highest BCUT2D eigenvalue weighted by Crippen LogP contribution is 2.55. The van der Waals surface area contributed by atoms with Crippen molar-refractivity contribution in [3.63, 3.8) is 0 Å². The minimum Gasteiger partial charge on any atom is -0.0671 e.